The van der Waals surface area contributed by atoms with Crippen LogP contribution in [0.15, 0.2) is 60.7 Å². The van der Waals surface area contributed by atoms with E-state index in [1.54, 1.807) is 40.1 Å². The maximum atomic E-state index is 13.9. The van der Waals surface area contributed by atoms with Crippen molar-refractivity contribution >= 4 is 23.6 Å². The van der Waals surface area contributed by atoms with Crippen LogP contribution in [0, 0.1) is 5.92 Å². The van der Waals surface area contributed by atoms with E-state index < -0.39 is 12.1 Å². The van der Waals surface area contributed by atoms with Gasteiger partial charge >= 0.3 is 0 Å². The summed E-state index contributed by atoms with van der Waals surface area (Å²) >= 11 is 0. The Hall–Kier alpha value is -5.46. The van der Waals surface area contributed by atoms with Crippen molar-refractivity contribution in [3.63, 3.8) is 0 Å². The standard InChI is InChI=1S/C38H44N4O9/c1-47-29-17-27(18-30(19-29)48-2)38(46)41-14-12-26(13-15-41)37(45)42-21-31-34(22-42)51-28-8-4-25(5-9-28)20-39-36(44)23-50-32-10-6-24(16-33(32)49-3)7-11-35(43)40-31/h4-6,8-10,16-19,26,31,34H,7,11-15,20-23H2,1-3H3,(H,39,44)(H,40,43)/t31-,34-/m0/s1. The number of hydrogen-bond donors (Lipinski definition) is 2. The van der Waals surface area contributed by atoms with Crippen LogP contribution in [0.1, 0.15) is 40.7 Å². The summed E-state index contributed by atoms with van der Waals surface area (Å²) in [5.74, 6) is 1.71. The first-order chi connectivity index (χ1) is 24.7. The zero-order chi connectivity index (χ0) is 35.9. The van der Waals surface area contributed by atoms with Gasteiger partial charge in [0.1, 0.15) is 23.4 Å². The number of piperidine rings is 1. The van der Waals surface area contributed by atoms with Crippen LogP contribution in [0.5, 0.6) is 28.7 Å². The quantitative estimate of drug-likeness (QED) is 0.411. The van der Waals surface area contributed by atoms with Crippen LogP contribution in [0.3, 0.4) is 0 Å². The fourth-order valence-electron chi connectivity index (χ4n) is 6.69. The van der Waals surface area contributed by atoms with E-state index in [4.69, 9.17) is 23.7 Å². The van der Waals surface area contributed by atoms with Crippen LogP contribution >= 0.6 is 0 Å². The molecule has 0 radical (unpaired) electrons. The third kappa shape index (κ3) is 8.65. The molecule has 2 N–H and O–H groups in total. The molecule has 0 aromatic heterocycles. The number of amides is 4. The number of methoxy groups -OCH3 is 3. The summed E-state index contributed by atoms with van der Waals surface area (Å²) in [5.41, 5.74) is 2.21. The molecule has 3 aromatic carbocycles. The molecule has 0 unspecified atom stereocenters. The van der Waals surface area contributed by atoms with E-state index in [0.29, 0.717) is 86.3 Å². The van der Waals surface area contributed by atoms with E-state index >= 15 is 0 Å². The molecule has 270 valence electrons. The second kappa shape index (κ2) is 16.0. The Kier molecular flexibility index (Phi) is 11.1. The lowest BCUT2D eigenvalue weighted by molar-refractivity contribution is -0.136. The topological polar surface area (TPSA) is 145 Å². The van der Waals surface area contributed by atoms with Gasteiger partial charge in [-0.1, -0.05) is 18.2 Å². The summed E-state index contributed by atoms with van der Waals surface area (Å²) in [6.45, 7) is 1.63. The minimum atomic E-state index is -0.477. The van der Waals surface area contributed by atoms with E-state index in [9.17, 15) is 19.2 Å². The largest absolute Gasteiger partial charge is 0.497 e. The fraction of sp³-hybridized carbons (Fsp3) is 0.421. The monoisotopic (exact) mass is 700 g/mol. The summed E-state index contributed by atoms with van der Waals surface area (Å²) in [5, 5.41) is 5.99. The predicted octanol–water partition coefficient (Wildman–Crippen LogP) is 2.98. The molecule has 13 nitrogen and oxygen atoms in total. The molecule has 0 spiro atoms. The van der Waals surface area contributed by atoms with Crippen molar-refractivity contribution in [3.05, 3.63) is 77.4 Å². The fourth-order valence-corrected chi connectivity index (χ4v) is 6.69. The first kappa shape index (κ1) is 35.4. The maximum Gasteiger partial charge on any atom is 0.258 e. The molecular weight excluding hydrogens is 656 g/mol. The number of hydrogen-bond acceptors (Lipinski definition) is 9. The zero-order valence-electron chi connectivity index (χ0n) is 29.1. The Morgan fingerprint density at radius 1 is 0.784 bits per heavy atom. The Morgan fingerprint density at radius 2 is 1.49 bits per heavy atom. The van der Waals surface area contributed by atoms with Crippen molar-refractivity contribution in [2.45, 2.75) is 44.4 Å². The highest BCUT2D eigenvalue weighted by Crippen LogP contribution is 2.30. The van der Waals surface area contributed by atoms with Crippen LogP contribution in [-0.4, -0.2) is 99.7 Å². The van der Waals surface area contributed by atoms with Gasteiger partial charge in [-0.05, 0) is 66.8 Å². The molecule has 0 aliphatic carbocycles. The Labute approximate surface area is 297 Å². The minimum absolute atomic E-state index is 0.0125. The lowest BCUT2D eigenvalue weighted by atomic mass is 9.95. The lowest BCUT2D eigenvalue weighted by Crippen LogP contribution is -2.46. The average Bonchev–Trinajstić information content (AvgIpc) is 3.56. The molecule has 6 aliphatic rings. The van der Waals surface area contributed by atoms with Crippen molar-refractivity contribution in [2.75, 3.05) is 54.1 Å². The number of aryl methyl sites for hydroxylation is 1. The van der Waals surface area contributed by atoms with Crippen LogP contribution in [0.2, 0.25) is 0 Å². The molecule has 6 heterocycles. The number of ether oxygens (including phenoxy) is 5. The molecule has 2 fully saturated rings. The first-order valence-corrected chi connectivity index (χ1v) is 17.2. The first-order valence-electron chi connectivity index (χ1n) is 17.2. The van der Waals surface area contributed by atoms with Crippen LogP contribution in [-0.2, 0) is 27.3 Å². The van der Waals surface area contributed by atoms with Gasteiger partial charge in [0.05, 0.1) is 33.9 Å². The minimum Gasteiger partial charge on any atom is -0.497 e. The highest BCUT2D eigenvalue weighted by atomic mass is 16.5. The molecule has 3 aromatic rings. The summed E-state index contributed by atoms with van der Waals surface area (Å²) in [4.78, 5) is 56.5. The van der Waals surface area contributed by atoms with Gasteiger partial charge in [-0.25, -0.2) is 0 Å². The van der Waals surface area contributed by atoms with Crippen molar-refractivity contribution in [1.29, 1.82) is 0 Å². The molecule has 6 aliphatic heterocycles. The van der Waals surface area contributed by atoms with Crippen LogP contribution in [0.4, 0.5) is 0 Å². The van der Waals surface area contributed by atoms with Crippen LogP contribution < -0.4 is 34.3 Å². The molecule has 4 amide bonds. The van der Waals surface area contributed by atoms with E-state index in [1.165, 1.54) is 21.3 Å². The molecule has 2 atom stereocenters. The number of likely N-dealkylation sites (tertiary alicyclic amines) is 2. The van der Waals surface area contributed by atoms with Crippen LogP contribution in [0.25, 0.3) is 0 Å². The summed E-state index contributed by atoms with van der Waals surface area (Å²) in [6, 6.07) is 17.4. The Balaban J connectivity index is 1.13. The van der Waals surface area contributed by atoms with E-state index in [-0.39, 0.29) is 42.6 Å². The maximum absolute atomic E-state index is 13.9. The molecule has 2 saturated heterocycles. The normalized spacial score (nSPS) is 20.0. The number of rotatable bonds is 5. The van der Waals surface area contributed by atoms with Gasteiger partial charge in [0.2, 0.25) is 11.8 Å². The van der Waals surface area contributed by atoms with Gasteiger partial charge in [0.25, 0.3) is 11.8 Å². The molecular formula is C38H44N4O9. The molecule has 51 heavy (non-hydrogen) atoms. The zero-order valence-corrected chi connectivity index (χ0v) is 29.1. The van der Waals surface area contributed by atoms with Gasteiger partial charge in [-0.3, -0.25) is 19.2 Å². The lowest BCUT2D eigenvalue weighted by Gasteiger charge is -2.33. The predicted molar refractivity (Wildman–Crippen MR) is 186 cm³/mol. The van der Waals surface area contributed by atoms with E-state index in [2.05, 4.69) is 10.6 Å². The third-order valence-electron chi connectivity index (χ3n) is 9.58. The van der Waals surface area contributed by atoms with Gasteiger partial charge in [0.15, 0.2) is 18.1 Å². The highest BCUT2D eigenvalue weighted by molar-refractivity contribution is 5.95. The van der Waals surface area contributed by atoms with Crippen molar-refractivity contribution in [3.8, 4) is 28.7 Å². The second-order valence-electron chi connectivity index (χ2n) is 12.9. The SMILES string of the molecule is COc1cc(OC)cc(C(=O)N2CCC(C(=O)N3C[C@@H]4NC(=O)CCc5ccc(c(OC)c5)OCC(=O)NCc5ccc(cc5)O[C@H]4C3)CC2)c1. The molecule has 0 saturated carbocycles. The smallest absolute Gasteiger partial charge is 0.258 e. The summed E-state index contributed by atoms with van der Waals surface area (Å²) in [6.07, 6.45) is 1.23. The Morgan fingerprint density at radius 3 is 2.18 bits per heavy atom. The number of carbonyl (C=O) groups is 4. The average molecular weight is 701 g/mol. The number of benzene rings is 3. The molecule has 4 bridgehead atoms. The van der Waals surface area contributed by atoms with Crippen molar-refractivity contribution in [2.24, 2.45) is 5.92 Å². The number of nitrogens with one attached hydrogen (secondary N) is 2. The summed E-state index contributed by atoms with van der Waals surface area (Å²) < 4.78 is 28.2. The molecule has 9 rings (SSSR count). The number of nitrogens with zero attached hydrogens (tertiary/aromatic N) is 2. The van der Waals surface area contributed by atoms with E-state index in [1.807, 2.05) is 30.3 Å². The van der Waals surface area contributed by atoms with Gasteiger partial charge in [-0.2, -0.15) is 0 Å². The number of carbonyl (C=O) groups excluding carboxylic acids is 4. The highest BCUT2D eigenvalue weighted by Gasteiger charge is 2.40. The Bertz CT molecular complexity index is 1720. The van der Waals surface area contributed by atoms with E-state index in [0.717, 1.165) is 11.1 Å². The van der Waals surface area contributed by atoms with Gasteiger partial charge < -0.3 is 44.1 Å². The molecule has 13 heteroatoms. The summed E-state index contributed by atoms with van der Waals surface area (Å²) in [7, 11) is 4.60. The van der Waals surface area contributed by atoms with Gasteiger partial charge in [-0.15, -0.1) is 0 Å². The third-order valence-corrected chi connectivity index (χ3v) is 9.58. The van der Waals surface area contributed by atoms with Crippen molar-refractivity contribution < 1.29 is 42.9 Å². The second-order valence-corrected chi connectivity index (χ2v) is 12.9. The van der Waals surface area contributed by atoms with Gasteiger partial charge in [0, 0.05) is 50.1 Å². The van der Waals surface area contributed by atoms with Crippen molar-refractivity contribution in [1.82, 2.24) is 20.4 Å².